The summed E-state index contributed by atoms with van der Waals surface area (Å²) in [5.74, 6) is 0.105. The molecular weight excluding hydrogens is 300 g/mol. The van der Waals surface area contributed by atoms with Crippen LogP contribution in [0.4, 0.5) is 4.79 Å². The lowest BCUT2D eigenvalue weighted by Gasteiger charge is -1.99. The molecule has 2 aromatic rings. The van der Waals surface area contributed by atoms with Crippen molar-refractivity contribution in [2.75, 3.05) is 0 Å². The summed E-state index contributed by atoms with van der Waals surface area (Å²) in [6, 6.07) is 8.20. The summed E-state index contributed by atoms with van der Waals surface area (Å²) < 4.78 is 10.6. The normalized spacial score (nSPS) is 17.9. The van der Waals surface area contributed by atoms with Crippen LogP contribution in [0.15, 0.2) is 40.4 Å². The molecule has 0 saturated carbocycles. The number of ether oxygens (including phenoxy) is 1. The zero-order chi connectivity index (χ0) is 16.0. The first-order valence-corrected chi connectivity index (χ1v) is 6.84. The van der Waals surface area contributed by atoms with Gasteiger partial charge in [-0.3, -0.25) is 10.1 Å². The number of amides is 3. The molecule has 0 spiro atoms. The van der Waals surface area contributed by atoms with Crippen molar-refractivity contribution >= 4 is 24.0 Å². The molecule has 0 radical (unpaired) electrons. The van der Waals surface area contributed by atoms with Crippen molar-refractivity contribution in [1.29, 1.82) is 0 Å². The van der Waals surface area contributed by atoms with Gasteiger partial charge >= 0.3 is 12.0 Å². The third-order valence-corrected chi connectivity index (χ3v) is 3.61. The lowest BCUT2D eigenvalue weighted by Crippen LogP contribution is -2.22. The Morgan fingerprint density at radius 3 is 2.70 bits per heavy atom. The SMILES string of the molecule is O=C1NC(=O)/C(=C\c2ccc(-c3ccc4c(c3)C(=O)OC4)o2)N1. The Labute approximate surface area is 129 Å². The van der Waals surface area contributed by atoms with Gasteiger partial charge < -0.3 is 14.5 Å². The molecular formula is C16H10N2O5. The van der Waals surface area contributed by atoms with Crippen LogP contribution >= 0.6 is 0 Å². The van der Waals surface area contributed by atoms with E-state index in [0.717, 1.165) is 11.1 Å². The van der Waals surface area contributed by atoms with Crippen molar-refractivity contribution in [1.82, 2.24) is 10.6 Å². The number of esters is 1. The number of cyclic esters (lactones) is 1. The van der Waals surface area contributed by atoms with E-state index in [2.05, 4.69) is 10.6 Å². The van der Waals surface area contributed by atoms with Gasteiger partial charge in [0, 0.05) is 17.2 Å². The zero-order valence-electron chi connectivity index (χ0n) is 11.7. The molecule has 1 saturated heterocycles. The van der Waals surface area contributed by atoms with E-state index in [0.29, 0.717) is 23.7 Å². The summed E-state index contributed by atoms with van der Waals surface area (Å²) in [4.78, 5) is 34.1. The van der Waals surface area contributed by atoms with Crippen LogP contribution in [0.25, 0.3) is 17.4 Å². The van der Waals surface area contributed by atoms with E-state index in [-0.39, 0.29) is 11.7 Å². The molecule has 0 aliphatic carbocycles. The van der Waals surface area contributed by atoms with Crippen LogP contribution in [0, 0.1) is 0 Å². The molecule has 0 bridgehead atoms. The van der Waals surface area contributed by atoms with Gasteiger partial charge in [-0.1, -0.05) is 12.1 Å². The minimum absolute atomic E-state index is 0.119. The van der Waals surface area contributed by atoms with E-state index in [1.165, 1.54) is 6.08 Å². The van der Waals surface area contributed by atoms with Gasteiger partial charge in [0.1, 0.15) is 23.8 Å². The Hall–Kier alpha value is -3.35. The first-order valence-electron chi connectivity index (χ1n) is 6.84. The standard InChI is InChI=1S/C16H10N2O5/c19-14-12(17-16(21)18-14)6-10-3-4-13(23-10)8-1-2-9-7-22-15(20)11(9)5-8/h1-6H,7H2,(H2,17,18,19,21)/b12-6+. The Morgan fingerprint density at radius 2 is 1.91 bits per heavy atom. The smallest absolute Gasteiger partial charge is 0.338 e. The highest BCUT2D eigenvalue weighted by Crippen LogP contribution is 2.28. The summed E-state index contributed by atoms with van der Waals surface area (Å²) in [6.45, 7) is 0.290. The summed E-state index contributed by atoms with van der Waals surface area (Å²) in [5, 5.41) is 4.49. The fourth-order valence-corrected chi connectivity index (χ4v) is 2.48. The second-order valence-electron chi connectivity index (χ2n) is 5.12. The highest BCUT2D eigenvalue weighted by molar-refractivity contribution is 6.13. The molecule has 0 unspecified atom stereocenters. The summed E-state index contributed by atoms with van der Waals surface area (Å²) in [6.07, 6.45) is 1.44. The van der Waals surface area contributed by atoms with Crippen LogP contribution in [0.3, 0.4) is 0 Å². The third-order valence-electron chi connectivity index (χ3n) is 3.61. The number of imide groups is 1. The van der Waals surface area contributed by atoms with E-state index >= 15 is 0 Å². The second kappa shape index (κ2) is 4.84. The number of nitrogens with one attached hydrogen (secondary N) is 2. The Balaban J connectivity index is 1.65. The van der Waals surface area contributed by atoms with Gasteiger partial charge in [-0.05, 0) is 18.2 Å². The van der Waals surface area contributed by atoms with Crippen LogP contribution in [-0.2, 0) is 16.1 Å². The maximum atomic E-state index is 11.6. The van der Waals surface area contributed by atoms with E-state index in [1.807, 2.05) is 12.1 Å². The van der Waals surface area contributed by atoms with Gasteiger partial charge in [0.25, 0.3) is 5.91 Å². The van der Waals surface area contributed by atoms with Gasteiger partial charge in [0.05, 0.1) is 5.56 Å². The lowest BCUT2D eigenvalue weighted by molar-refractivity contribution is -0.115. The third kappa shape index (κ3) is 2.28. The molecule has 0 atom stereocenters. The first kappa shape index (κ1) is 13.3. The molecule has 114 valence electrons. The molecule has 1 fully saturated rings. The average molecular weight is 310 g/mol. The van der Waals surface area contributed by atoms with Crippen LogP contribution in [0.1, 0.15) is 21.7 Å². The number of fused-ring (bicyclic) bond motifs is 1. The Bertz CT molecular complexity index is 894. The summed E-state index contributed by atoms with van der Waals surface area (Å²) in [7, 11) is 0. The quantitative estimate of drug-likeness (QED) is 0.501. The molecule has 2 aliphatic heterocycles. The monoisotopic (exact) mass is 310 g/mol. The summed E-state index contributed by atoms with van der Waals surface area (Å²) >= 11 is 0. The fraction of sp³-hybridized carbons (Fsp3) is 0.0625. The average Bonchev–Trinajstić information content (AvgIpc) is 3.21. The van der Waals surface area contributed by atoms with Crippen LogP contribution in [0.2, 0.25) is 0 Å². The van der Waals surface area contributed by atoms with Crippen molar-refractivity contribution in [2.45, 2.75) is 6.61 Å². The number of hydrogen-bond acceptors (Lipinski definition) is 5. The van der Waals surface area contributed by atoms with Crippen molar-refractivity contribution in [3.63, 3.8) is 0 Å². The number of hydrogen-bond donors (Lipinski definition) is 2. The van der Waals surface area contributed by atoms with Crippen molar-refractivity contribution in [3.8, 4) is 11.3 Å². The number of rotatable bonds is 2. The van der Waals surface area contributed by atoms with Crippen molar-refractivity contribution in [2.24, 2.45) is 0 Å². The molecule has 3 heterocycles. The minimum atomic E-state index is -0.565. The van der Waals surface area contributed by atoms with Crippen LogP contribution in [0.5, 0.6) is 0 Å². The molecule has 23 heavy (non-hydrogen) atoms. The molecule has 2 N–H and O–H groups in total. The van der Waals surface area contributed by atoms with E-state index in [1.54, 1.807) is 18.2 Å². The highest BCUT2D eigenvalue weighted by Gasteiger charge is 2.24. The molecule has 3 amide bonds. The minimum Gasteiger partial charge on any atom is -0.457 e. The molecule has 4 rings (SSSR count). The molecule has 1 aromatic carbocycles. The summed E-state index contributed by atoms with van der Waals surface area (Å²) in [5.41, 5.74) is 2.22. The van der Waals surface area contributed by atoms with Crippen molar-refractivity contribution < 1.29 is 23.5 Å². The largest absolute Gasteiger partial charge is 0.457 e. The predicted molar refractivity (Wildman–Crippen MR) is 77.9 cm³/mol. The second-order valence-corrected chi connectivity index (χ2v) is 5.12. The van der Waals surface area contributed by atoms with Gasteiger partial charge in [-0.15, -0.1) is 0 Å². The zero-order valence-corrected chi connectivity index (χ0v) is 11.7. The van der Waals surface area contributed by atoms with Gasteiger partial charge in [0.2, 0.25) is 0 Å². The molecule has 7 nitrogen and oxygen atoms in total. The van der Waals surface area contributed by atoms with Crippen LogP contribution < -0.4 is 10.6 Å². The van der Waals surface area contributed by atoms with Gasteiger partial charge in [0.15, 0.2) is 0 Å². The van der Waals surface area contributed by atoms with E-state index in [9.17, 15) is 14.4 Å². The molecule has 1 aromatic heterocycles. The number of furan rings is 1. The predicted octanol–water partition coefficient (Wildman–Crippen LogP) is 1.80. The van der Waals surface area contributed by atoms with E-state index < -0.39 is 11.9 Å². The maximum absolute atomic E-state index is 11.6. The number of carbonyl (C=O) groups is 3. The van der Waals surface area contributed by atoms with Gasteiger partial charge in [-0.2, -0.15) is 0 Å². The number of carbonyl (C=O) groups excluding carboxylic acids is 3. The van der Waals surface area contributed by atoms with Crippen LogP contribution in [-0.4, -0.2) is 17.9 Å². The number of urea groups is 1. The van der Waals surface area contributed by atoms with Crippen molar-refractivity contribution in [3.05, 3.63) is 52.9 Å². The molecule has 2 aliphatic rings. The maximum Gasteiger partial charge on any atom is 0.338 e. The van der Waals surface area contributed by atoms with E-state index in [4.69, 9.17) is 9.15 Å². The topological polar surface area (TPSA) is 97.6 Å². The first-order chi connectivity index (χ1) is 11.1. The Morgan fingerprint density at radius 1 is 1.04 bits per heavy atom. The fourth-order valence-electron chi connectivity index (χ4n) is 2.48. The van der Waals surface area contributed by atoms with Gasteiger partial charge in [-0.25, -0.2) is 9.59 Å². The Kier molecular flexibility index (Phi) is 2.80. The lowest BCUT2D eigenvalue weighted by atomic mass is 10.0. The molecule has 7 heteroatoms. The number of benzene rings is 1. The highest BCUT2D eigenvalue weighted by atomic mass is 16.5.